The molecule has 0 radical (unpaired) electrons. The highest BCUT2D eigenvalue weighted by atomic mass is 19.1. The second-order valence-corrected chi connectivity index (χ2v) is 7.74. The molecule has 6 nitrogen and oxygen atoms in total. The average Bonchev–Trinajstić information content (AvgIpc) is 3.20. The minimum Gasteiger partial charge on any atom is -0.354 e. The van der Waals surface area contributed by atoms with Gasteiger partial charge in [0, 0.05) is 24.0 Å². The Labute approximate surface area is 157 Å². The Hall–Kier alpha value is -2.54. The Morgan fingerprint density at radius 1 is 1.30 bits per heavy atom. The molecule has 27 heavy (non-hydrogen) atoms. The molecule has 0 spiro atoms. The van der Waals surface area contributed by atoms with Gasteiger partial charge in [0.15, 0.2) is 5.82 Å². The summed E-state index contributed by atoms with van der Waals surface area (Å²) in [4.78, 5) is 11.2. The van der Waals surface area contributed by atoms with Gasteiger partial charge in [-0.05, 0) is 56.9 Å². The van der Waals surface area contributed by atoms with Crippen LogP contribution in [-0.2, 0) is 6.42 Å². The number of pyridine rings is 1. The van der Waals surface area contributed by atoms with Crippen LogP contribution in [0.25, 0.3) is 22.4 Å². The minimum absolute atomic E-state index is 0.308. The summed E-state index contributed by atoms with van der Waals surface area (Å²) in [7, 11) is 0. The smallest absolute Gasteiger partial charge is 0.261 e. The fraction of sp³-hybridized carbons (Fsp3) is 0.450. The summed E-state index contributed by atoms with van der Waals surface area (Å²) < 4.78 is 20.3. The molecule has 0 aliphatic carbocycles. The van der Waals surface area contributed by atoms with Crippen LogP contribution in [0.4, 0.5) is 10.2 Å². The number of anilines is 1. The molecular weight excluding hydrogens is 345 g/mol. The molecule has 2 N–H and O–H groups in total. The molecule has 3 aromatic rings. The van der Waals surface area contributed by atoms with E-state index < -0.39 is 0 Å². The van der Waals surface area contributed by atoms with Gasteiger partial charge in [0.1, 0.15) is 17.2 Å². The van der Waals surface area contributed by atoms with Crippen molar-refractivity contribution in [2.45, 2.75) is 46.1 Å². The molecule has 1 aromatic carbocycles. The van der Waals surface area contributed by atoms with E-state index in [0.717, 1.165) is 41.5 Å². The Morgan fingerprint density at radius 3 is 2.67 bits per heavy atom. The zero-order valence-corrected chi connectivity index (χ0v) is 16.1. The Morgan fingerprint density at radius 2 is 2.07 bits per heavy atom. The second kappa shape index (κ2) is 6.27. The molecule has 0 bridgehead atoms. The monoisotopic (exact) mass is 369 g/mol. The molecule has 1 saturated heterocycles. The van der Waals surface area contributed by atoms with Gasteiger partial charge in [-0.15, -0.1) is 0 Å². The highest BCUT2D eigenvalue weighted by Crippen LogP contribution is 2.39. The fourth-order valence-corrected chi connectivity index (χ4v) is 3.77. The highest BCUT2D eigenvalue weighted by Gasteiger charge is 2.34. The van der Waals surface area contributed by atoms with Crippen LogP contribution in [0.2, 0.25) is 0 Å². The van der Waals surface area contributed by atoms with Crippen molar-refractivity contribution in [2.24, 2.45) is 5.73 Å². The normalized spacial score (nSPS) is 20.0. The number of benzene rings is 1. The Bertz CT molecular complexity index is 1030. The molecule has 7 heteroatoms. The third kappa shape index (κ3) is 3.06. The van der Waals surface area contributed by atoms with E-state index in [1.54, 1.807) is 13.0 Å². The fourth-order valence-electron chi connectivity index (χ4n) is 3.77. The first-order chi connectivity index (χ1) is 12.8. The van der Waals surface area contributed by atoms with Crippen molar-refractivity contribution >= 4 is 16.7 Å². The predicted molar refractivity (Wildman–Crippen MR) is 103 cm³/mol. The van der Waals surface area contributed by atoms with Crippen LogP contribution in [0.3, 0.4) is 0 Å². The molecule has 1 aliphatic rings. The summed E-state index contributed by atoms with van der Waals surface area (Å²) in [6.45, 7) is 9.15. The van der Waals surface area contributed by atoms with E-state index in [4.69, 9.17) is 15.2 Å². The van der Waals surface area contributed by atoms with E-state index in [2.05, 4.69) is 15.0 Å². The summed E-state index contributed by atoms with van der Waals surface area (Å²) in [6, 6.07) is 3.56. The number of aryl methyl sites for hydroxylation is 3. The van der Waals surface area contributed by atoms with Gasteiger partial charge >= 0.3 is 0 Å². The van der Waals surface area contributed by atoms with Crippen LogP contribution in [0.5, 0.6) is 0 Å². The first-order valence-electron chi connectivity index (χ1n) is 9.26. The van der Waals surface area contributed by atoms with Gasteiger partial charge in [-0.2, -0.15) is 4.98 Å². The van der Waals surface area contributed by atoms with Gasteiger partial charge in [-0.1, -0.05) is 12.1 Å². The lowest BCUT2D eigenvalue weighted by molar-refractivity contribution is 0.425. The zero-order chi connectivity index (χ0) is 19.3. The molecule has 0 amide bonds. The van der Waals surface area contributed by atoms with E-state index >= 15 is 0 Å². The number of nitrogens with zero attached hydrogens (tertiary/aromatic N) is 4. The number of hydrogen-bond donors (Lipinski definition) is 1. The van der Waals surface area contributed by atoms with E-state index in [1.807, 2.05) is 26.8 Å². The van der Waals surface area contributed by atoms with Crippen molar-refractivity contribution in [2.75, 3.05) is 18.0 Å². The molecular formula is C20H24FN5O. The molecule has 1 aliphatic heterocycles. The first-order valence-corrected chi connectivity index (χ1v) is 9.26. The molecule has 2 aromatic heterocycles. The Balaban J connectivity index is 2.01. The number of rotatable bonds is 3. The highest BCUT2D eigenvalue weighted by molar-refractivity contribution is 5.93. The maximum atomic E-state index is 14.8. The molecule has 4 rings (SSSR count). The second-order valence-electron chi connectivity index (χ2n) is 7.74. The minimum atomic E-state index is -0.309. The summed E-state index contributed by atoms with van der Waals surface area (Å²) in [5.74, 6) is 1.30. The van der Waals surface area contributed by atoms with Crippen LogP contribution in [0.15, 0.2) is 16.7 Å². The molecule has 0 saturated carbocycles. The van der Waals surface area contributed by atoms with Crippen LogP contribution >= 0.6 is 0 Å². The topological polar surface area (TPSA) is 81.1 Å². The molecule has 142 valence electrons. The van der Waals surface area contributed by atoms with Crippen LogP contribution in [-0.4, -0.2) is 33.8 Å². The molecule has 3 heterocycles. The maximum Gasteiger partial charge on any atom is 0.261 e. The quantitative estimate of drug-likeness (QED) is 0.761. The summed E-state index contributed by atoms with van der Waals surface area (Å²) in [5.41, 5.74) is 8.96. The van der Waals surface area contributed by atoms with Gasteiger partial charge in [-0.3, -0.25) is 0 Å². The van der Waals surface area contributed by atoms with Gasteiger partial charge in [-0.25, -0.2) is 9.37 Å². The van der Waals surface area contributed by atoms with Crippen molar-refractivity contribution in [3.05, 3.63) is 34.9 Å². The van der Waals surface area contributed by atoms with Crippen molar-refractivity contribution < 1.29 is 8.91 Å². The zero-order valence-electron chi connectivity index (χ0n) is 16.1. The van der Waals surface area contributed by atoms with Crippen molar-refractivity contribution in [1.82, 2.24) is 15.1 Å². The van der Waals surface area contributed by atoms with Crippen LogP contribution < -0.4 is 10.6 Å². The third-order valence-corrected chi connectivity index (χ3v) is 5.30. The predicted octanol–water partition coefficient (Wildman–Crippen LogP) is 3.53. The largest absolute Gasteiger partial charge is 0.354 e. The summed E-state index contributed by atoms with van der Waals surface area (Å²) >= 11 is 0. The van der Waals surface area contributed by atoms with E-state index in [0.29, 0.717) is 29.6 Å². The van der Waals surface area contributed by atoms with E-state index in [9.17, 15) is 4.39 Å². The van der Waals surface area contributed by atoms with Gasteiger partial charge in [0.2, 0.25) is 0 Å². The Kier molecular flexibility index (Phi) is 4.14. The molecule has 0 unspecified atom stereocenters. The van der Waals surface area contributed by atoms with Gasteiger partial charge in [0.05, 0.1) is 5.56 Å². The van der Waals surface area contributed by atoms with Gasteiger partial charge in [0.25, 0.3) is 5.89 Å². The first kappa shape index (κ1) is 17.9. The molecule has 1 fully saturated rings. The number of fused-ring (bicyclic) bond motifs is 1. The number of hydrogen-bond acceptors (Lipinski definition) is 6. The van der Waals surface area contributed by atoms with E-state index in [-0.39, 0.29) is 11.4 Å². The van der Waals surface area contributed by atoms with Crippen molar-refractivity contribution in [3.63, 3.8) is 0 Å². The lowest BCUT2D eigenvalue weighted by Gasteiger charge is -2.24. The van der Waals surface area contributed by atoms with Crippen molar-refractivity contribution in [3.8, 4) is 11.5 Å². The van der Waals surface area contributed by atoms with Gasteiger partial charge < -0.3 is 15.2 Å². The lowest BCUT2D eigenvalue weighted by Crippen LogP contribution is -2.39. The third-order valence-electron chi connectivity index (χ3n) is 5.30. The number of nitrogens with two attached hydrogens (primary N) is 1. The lowest BCUT2D eigenvalue weighted by atomic mass is 10.00. The number of aromatic nitrogens is 3. The van der Waals surface area contributed by atoms with Crippen LogP contribution in [0, 0.1) is 19.7 Å². The number of halogens is 1. The maximum absolute atomic E-state index is 14.8. The van der Waals surface area contributed by atoms with E-state index in [1.165, 1.54) is 0 Å². The standard InChI is InChI=1S/C20H24FN5O/c1-5-13-8-14-11(2)16(19-23-12(3)25-27-19)18(24-17(14)15(21)9-13)26-7-6-20(4,22)10-26/h8-9H,5-7,10,22H2,1-4H3/t20-/m0/s1. The molecule has 1 atom stereocenters. The van der Waals surface area contributed by atoms with Crippen LogP contribution in [0.1, 0.15) is 37.2 Å². The SMILES string of the molecule is CCc1cc(F)c2nc(N3CC[C@](C)(N)C3)c(-c3nc(C)no3)c(C)c2c1. The van der Waals surface area contributed by atoms with Crippen molar-refractivity contribution in [1.29, 1.82) is 0 Å². The average molecular weight is 369 g/mol. The summed E-state index contributed by atoms with van der Waals surface area (Å²) in [6.07, 6.45) is 1.59. The summed E-state index contributed by atoms with van der Waals surface area (Å²) in [5, 5.41) is 4.70.